The van der Waals surface area contributed by atoms with E-state index in [0.29, 0.717) is 5.56 Å². The number of anilines is 2. The number of rotatable bonds is 3. The van der Waals surface area contributed by atoms with Crippen molar-refractivity contribution in [3.05, 3.63) is 29.5 Å². The van der Waals surface area contributed by atoms with Gasteiger partial charge in [0.1, 0.15) is 0 Å². The Morgan fingerprint density at radius 3 is 2.60 bits per heavy atom. The summed E-state index contributed by atoms with van der Waals surface area (Å²) in [5.74, 6) is -0.839. The van der Waals surface area contributed by atoms with Gasteiger partial charge in [-0.3, -0.25) is 4.79 Å². The van der Waals surface area contributed by atoms with Gasteiger partial charge in [0.15, 0.2) is 0 Å². The SMILES string of the molecule is Cc1ccc(NC(=O)c2nonc2N)cc1S(N)(=O)=O. The maximum absolute atomic E-state index is 11.8. The molecule has 0 aliphatic carbocycles. The number of nitrogens with one attached hydrogen (secondary N) is 1. The van der Waals surface area contributed by atoms with Gasteiger partial charge in [0.2, 0.25) is 21.5 Å². The molecule has 1 heterocycles. The molecular formula is C10H11N5O4S. The summed E-state index contributed by atoms with van der Waals surface area (Å²) in [6.07, 6.45) is 0. The van der Waals surface area contributed by atoms with Crippen molar-refractivity contribution >= 4 is 27.4 Å². The molecule has 2 rings (SSSR count). The van der Waals surface area contributed by atoms with Crippen LogP contribution in [-0.4, -0.2) is 24.6 Å². The van der Waals surface area contributed by atoms with Crippen LogP contribution in [-0.2, 0) is 10.0 Å². The van der Waals surface area contributed by atoms with Crippen molar-refractivity contribution in [2.24, 2.45) is 5.14 Å². The lowest BCUT2D eigenvalue weighted by Gasteiger charge is -2.07. The van der Waals surface area contributed by atoms with E-state index in [1.165, 1.54) is 18.2 Å². The number of carbonyl (C=O) groups is 1. The van der Waals surface area contributed by atoms with Crippen LogP contribution in [0.2, 0.25) is 0 Å². The first-order valence-corrected chi connectivity index (χ1v) is 6.86. The van der Waals surface area contributed by atoms with Crippen LogP contribution in [0.15, 0.2) is 27.7 Å². The molecule has 20 heavy (non-hydrogen) atoms. The van der Waals surface area contributed by atoms with Gasteiger partial charge >= 0.3 is 0 Å². The summed E-state index contributed by atoms with van der Waals surface area (Å²) >= 11 is 0. The van der Waals surface area contributed by atoms with Gasteiger partial charge in [0, 0.05) is 5.69 Å². The molecule has 0 aliphatic rings. The van der Waals surface area contributed by atoms with E-state index in [-0.39, 0.29) is 22.1 Å². The van der Waals surface area contributed by atoms with Crippen LogP contribution in [0.25, 0.3) is 0 Å². The van der Waals surface area contributed by atoms with Crippen LogP contribution >= 0.6 is 0 Å². The Labute approximate surface area is 114 Å². The average molecular weight is 297 g/mol. The van der Waals surface area contributed by atoms with E-state index in [9.17, 15) is 13.2 Å². The van der Waals surface area contributed by atoms with Crippen LogP contribution in [0.5, 0.6) is 0 Å². The molecule has 9 nitrogen and oxygen atoms in total. The van der Waals surface area contributed by atoms with Gasteiger partial charge in [-0.2, -0.15) is 0 Å². The molecule has 0 unspecified atom stereocenters. The number of primary sulfonamides is 1. The third kappa shape index (κ3) is 2.75. The molecule has 1 amide bonds. The van der Waals surface area contributed by atoms with Gasteiger partial charge in [0.25, 0.3) is 5.91 Å². The van der Waals surface area contributed by atoms with Gasteiger partial charge in [-0.15, -0.1) is 0 Å². The van der Waals surface area contributed by atoms with Gasteiger partial charge in [-0.05, 0) is 34.9 Å². The maximum atomic E-state index is 11.8. The molecule has 10 heteroatoms. The summed E-state index contributed by atoms with van der Waals surface area (Å²) in [5.41, 5.74) is 5.88. The minimum Gasteiger partial charge on any atom is -0.379 e. The molecule has 5 N–H and O–H groups in total. The van der Waals surface area contributed by atoms with Crippen LogP contribution < -0.4 is 16.2 Å². The van der Waals surface area contributed by atoms with Crippen molar-refractivity contribution in [3.63, 3.8) is 0 Å². The fourth-order valence-corrected chi connectivity index (χ4v) is 2.34. The highest BCUT2D eigenvalue weighted by atomic mass is 32.2. The van der Waals surface area contributed by atoms with Crippen LogP contribution in [0.4, 0.5) is 11.5 Å². The molecule has 0 saturated heterocycles. The maximum Gasteiger partial charge on any atom is 0.281 e. The fraction of sp³-hybridized carbons (Fsp3) is 0.100. The average Bonchev–Trinajstić information content (AvgIpc) is 2.76. The van der Waals surface area contributed by atoms with Crippen LogP contribution in [0.3, 0.4) is 0 Å². The van der Waals surface area contributed by atoms with Crippen molar-refractivity contribution in [1.82, 2.24) is 10.3 Å². The minimum absolute atomic E-state index is 0.0819. The Bertz CT molecular complexity index is 768. The summed E-state index contributed by atoms with van der Waals surface area (Å²) in [6.45, 7) is 1.59. The molecule has 1 aromatic carbocycles. The number of aromatic nitrogens is 2. The lowest BCUT2D eigenvalue weighted by atomic mass is 10.2. The molecule has 0 fully saturated rings. The normalized spacial score (nSPS) is 11.3. The molecule has 0 aliphatic heterocycles. The highest BCUT2D eigenvalue weighted by Gasteiger charge is 2.18. The standard InChI is InChI=1S/C10H11N5O4S/c1-5-2-3-6(4-7(5)20(12,17)18)13-10(16)8-9(11)15-19-14-8/h2-4H,1H3,(H2,11,15)(H,13,16)(H2,12,17,18). The number of nitrogens with two attached hydrogens (primary N) is 2. The molecule has 0 saturated carbocycles. The number of aryl methyl sites for hydroxylation is 1. The molecule has 0 bridgehead atoms. The number of hydrogen-bond donors (Lipinski definition) is 3. The zero-order valence-corrected chi connectivity index (χ0v) is 11.1. The van der Waals surface area contributed by atoms with E-state index >= 15 is 0 Å². The largest absolute Gasteiger partial charge is 0.379 e. The number of hydrogen-bond acceptors (Lipinski definition) is 7. The summed E-state index contributed by atoms with van der Waals surface area (Å²) in [7, 11) is -3.88. The summed E-state index contributed by atoms with van der Waals surface area (Å²) in [4.78, 5) is 11.7. The van der Waals surface area contributed by atoms with Crippen LogP contribution in [0.1, 0.15) is 16.1 Å². The molecule has 1 aromatic heterocycles. The highest BCUT2D eigenvalue weighted by Crippen LogP contribution is 2.19. The Morgan fingerprint density at radius 1 is 1.35 bits per heavy atom. The minimum atomic E-state index is -3.88. The molecular weight excluding hydrogens is 286 g/mol. The van der Waals surface area contributed by atoms with Crippen molar-refractivity contribution < 1.29 is 17.8 Å². The monoisotopic (exact) mass is 297 g/mol. The Hall–Kier alpha value is -2.46. The van der Waals surface area contributed by atoms with Gasteiger partial charge < -0.3 is 11.1 Å². The number of amides is 1. The van der Waals surface area contributed by atoms with Crippen molar-refractivity contribution in [2.45, 2.75) is 11.8 Å². The number of carbonyl (C=O) groups excluding carboxylic acids is 1. The van der Waals surface area contributed by atoms with Crippen molar-refractivity contribution in [3.8, 4) is 0 Å². The lowest BCUT2D eigenvalue weighted by Crippen LogP contribution is -2.17. The van der Waals surface area contributed by atoms with E-state index in [4.69, 9.17) is 10.9 Å². The highest BCUT2D eigenvalue weighted by molar-refractivity contribution is 7.89. The predicted molar refractivity (Wildman–Crippen MR) is 69.2 cm³/mol. The summed E-state index contributed by atoms with van der Waals surface area (Å²) < 4.78 is 27.1. The smallest absolute Gasteiger partial charge is 0.281 e. The first-order chi connectivity index (χ1) is 9.29. The molecule has 0 radical (unpaired) electrons. The molecule has 2 aromatic rings. The van der Waals surface area contributed by atoms with E-state index in [2.05, 4.69) is 20.3 Å². The van der Waals surface area contributed by atoms with E-state index in [1.54, 1.807) is 6.92 Å². The topological polar surface area (TPSA) is 154 Å². The first-order valence-electron chi connectivity index (χ1n) is 5.32. The van der Waals surface area contributed by atoms with E-state index in [1.807, 2.05) is 0 Å². The number of nitrogens with zero attached hydrogens (tertiary/aromatic N) is 2. The summed E-state index contributed by atoms with van der Waals surface area (Å²) in [5, 5.41) is 14.1. The molecule has 0 atom stereocenters. The zero-order chi connectivity index (χ0) is 14.9. The molecule has 0 spiro atoms. The Morgan fingerprint density at radius 2 is 2.05 bits per heavy atom. The van der Waals surface area contributed by atoms with Crippen molar-refractivity contribution in [1.29, 1.82) is 0 Å². The predicted octanol–water partition coefficient (Wildman–Crippen LogP) is -0.140. The quantitative estimate of drug-likeness (QED) is 0.712. The zero-order valence-electron chi connectivity index (χ0n) is 10.3. The fourth-order valence-electron chi connectivity index (χ4n) is 1.53. The molecule has 106 valence electrons. The second kappa shape index (κ2) is 4.90. The number of nitrogen functional groups attached to an aromatic ring is 1. The van der Waals surface area contributed by atoms with Crippen LogP contribution in [0, 0.1) is 6.92 Å². The number of benzene rings is 1. The van der Waals surface area contributed by atoms with Gasteiger partial charge in [-0.1, -0.05) is 6.07 Å². The van der Waals surface area contributed by atoms with Gasteiger partial charge in [0.05, 0.1) is 4.90 Å². The lowest BCUT2D eigenvalue weighted by molar-refractivity contribution is 0.101. The first kappa shape index (κ1) is 14.0. The van der Waals surface area contributed by atoms with Gasteiger partial charge in [-0.25, -0.2) is 18.2 Å². The number of sulfonamides is 1. The summed E-state index contributed by atoms with van der Waals surface area (Å²) in [6, 6.07) is 4.28. The van der Waals surface area contributed by atoms with E-state index < -0.39 is 15.9 Å². The Balaban J connectivity index is 2.32. The second-order valence-corrected chi connectivity index (χ2v) is 5.51. The second-order valence-electron chi connectivity index (χ2n) is 3.98. The van der Waals surface area contributed by atoms with E-state index in [0.717, 1.165) is 0 Å². The third-order valence-electron chi connectivity index (χ3n) is 2.48. The van der Waals surface area contributed by atoms with Crippen molar-refractivity contribution in [2.75, 3.05) is 11.1 Å². The Kier molecular flexibility index (Phi) is 3.42. The third-order valence-corrected chi connectivity index (χ3v) is 3.53.